The number of thiophene rings is 1. The summed E-state index contributed by atoms with van der Waals surface area (Å²) in [6, 6.07) is 3.97. The summed E-state index contributed by atoms with van der Waals surface area (Å²) >= 11 is 1.64. The van der Waals surface area contributed by atoms with Crippen LogP contribution in [0.4, 0.5) is 5.82 Å². The van der Waals surface area contributed by atoms with Crippen LogP contribution in [0.25, 0.3) is 10.2 Å². The molecule has 0 aliphatic carbocycles. The summed E-state index contributed by atoms with van der Waals surface area (Å²) in [6.07, 6.45) is 4.76. The zero-order valence-corrected chi connectivity index (χ0v) is 11.5. The molecule has 3 aromatic heterocycles. The van der Waals surface area contributed by atoms with Gasteiger partial charge in [0, 0.05) is 18.9 Å². The van der Waals surface area contributed by atoms with Gasteiger partial charge < -0.3 is 5.32 Å². The van der Waals surface area contributed by atoms with Crippen molar-refractivity contribution in [3.63, 3.8) is 0 Å². The Bertz CT molecular complexity index is 659. The van der Waals surface area contributed by atoms with Crippen molar-refractivity contribution in [1.82, 2.24) is 19.7 Å². The van der Waals surface area contributed by atoms with Crippen LogP contribution in [0.1, 0.15) is 19.2 Å². The Morgan fingerprint density at radius 1 is 1.37 bits per heavy atom. The maximum absolute atomic E-state index is 4.61. The molecule has 98 valence electrons. The van der Waals surface area contributed by atoms with Gasteiger partial charge in [0.05, 0.1) is 5.39 Å². The Labute approximate surface area is 115 Å². The zero-order valence-electron chi connectivity index (χ0n) is 10.7. The minimum Gasteiger partial charge on any atom is -0.369 e. The minimum atomic E-state index is 0.599. The van der Waals surface area contributed by atoms with Crippen LogP contribution < -0.4 is 5.32 Å². The fourth-order valence-electron chi connectivity index (χ4n) is 1.89. The third-order valence-corrected chi connectivity index (χ3v) is 3.58. The zero-order chi connectivity index (χ0) is 13.1. The SMILES string of the molecule is CCCNc1nc(Cn2cccn2)nc2sccc12. The summed E-state index contributed by atoms with van der Waals surface area (Å²) in [5.74, 6) is 1.72. The number of nitrogens with one attached hydrogen (secondary N) is 1. The van der Waals surface area contributed by atoms with Gasteiger partial charge in [-0.1, -0.05) is 6.92 Å². The van der Waals surface area contributed by atoms with Gasteiger partial charge in [0.1, 0.15) is 17.2 Å². The average molecular weight is 273 g/mol. The minimum absolute atomic E-state index is 0.599. The lowest BCUT2D eigenvalue weighted by Gasteiger charge is -2.08. The largest absolute Gasteiger partial charge is 0.369 e. The molecule has 0 aromatic carbocycles. The van der Waals surface area contributed by atoms with E-state index in [1.165, 1.54) is 0 Å². The molecule has 1 N–H and O–H groups in total. The average Bonchev–Trinajstić information content (AvgIpc) is 3.06. The van der Waals surface area contributed by atoms with Gasteiger partial charge in [-0.15, -0.1) is 11.3 Å². The van der Waals surface area contributed by atoms with E-state index in [2.05, 4.69) is 33.4 Å². The standard InChI is InChI=1S/C13H15N5S/c1-2-5-14-12-10-4-8-19-13(10)17-11(16-12)9-18-7-3-6-15-18/h3-4,6-8H,2,5,9H2,1H3,(H,14,16,17). The van der Waals surface area contributed by atoms with Crippen LogP contribution in [0.2, 0.25) is 0 Å². The summed E-state index contributed by atoms with van der Waals surface area (Å²) in [5.41, 5.74) is 0. The molecule has 5 nitrogen and oxygen atoms in total. The molecular weight excluding hydrogens is 258 g/mol. The van der Waals surface area contributed by atoms with Crippen LogP contribution >= 0.6 is 11.3 Å². The second-order valence-corrected chi connectivity index (χ2v) is 5.15. The third kappa shape index (κ3) is 2.58. The molecule has 0 radical (unpaired) electrons. The molecule has 6 heteroatoms. The predicted molar refractivity (Wildman–Crippen MR) is 77.5 cm³/mol. The molecule has 19 heavy (non-hydrogen) atoms. The molecule has 3 rings (SSSR count). The Morgan fingerprint density at radius 3 is 3.11 bits per heavy atom. The van der Waals surface area contributed by atoms with E-state index in [0.717, 1.165) is 34.8 Å². The molecule has 0 saturated heterocycles. The van der Waals surface area contributed by atoms with Crippen LogP contribution in [0.5, 0.6) is 0 Å². The smallest absolute Gasteiger partial charge is 0.153 e. The Morgan fingerprint density at radius 2 is 2.32 bits per heavy atom. The van der Waals surface area contributed by atoms with Crippen LogP contribution in [-0.2, 0) is 6.54 Å². The summed E-state index contributed by atoms with van der Waals surface area (Å²) in [7, 11) is 0. The fraction of sp³-hybridized carbons (Fsp3) is 0.308. The van der Waals surface area contributed by atoms with E-state index in [0.29, 0.717) is 6.54 Å². The molecule has 0 aliphatic rings. The van der Waals surface area contributed by atoms with Crippen molar-refractivity contribution in [2.24, 2.45) is 0 Å². The molecule has 0 spiro atoms. The first-order valence-electron chi connectivity index (χ1n) is 6.32. The van der Waals surface area contributed by atoms with Crippen LogP contribution in [0, 0.1) is 0 Å². The molecule has 0 saturated carbocycles. The first-order valence-corrected chi connectivity index (χ1v) is 7.20. The number of hydrogen-bond acceptors (Lipinski definition) is 5. The van der Waals surface area contributed by atoms with E-state index < -0.39 is 0 Å². The summed E-state index contributed by atoms with van der Waals surface area (Å²) in [6.45, 7) is 3.66. The van der Waals surface area contributed by atoms with E-state index in [-0.39, 0.29) is 0 Å². The molecule has 0 unspecified atom stereocenters. The van der Waals surface area contributed by atoms with Crippen molar-refractivity contribution in [3.05, 3.63) is 35.7 Å². The fourth-order valence-corrected chi connectivity index (χ4v) is 2.67. The molecule has 3 aromatic rings. The normalized spacial score (nSPS) is 11.0. The highest BCUT2D eigenvalue weighted by atomic mass is 32.1. The van der Waals surface area contributed by atoms with Gasteiger partial charge in [0.2, 0.25) is 0 Å². The summed E-state index contributed by atoms with van der Waals surface area (Å²) in [4.78, 5) is 10.2. The van der Waals surface area contributed by atoms with Crippen molar-refractivity contribution in [2.75, 3.05) is 11.9 Å². The number of anilines is 1. The Kier molecular flexibility index (Phi) is 3.41. The number of rotatable bonds is 5. The second-order valence-electron chi connectivity index (χ2n) is 4.26. The second kappa shape index (κ2) is 5.36. The van der Waals surface area contributed by atoms with Crippen molar-refractivity contribution in [1.29, 1.82) is 0 Å². The number of nitrogens with zero attached hydrogens (tertiary/aromatic N) is 4. The molecular formula is C13H15N5S. The van der Waals surface area contributed by atoms with Gasteiger partial charge in [-0.25, -0.2) is 9.97 Å². The maximum Gasteiger partial charge on any atom is 0.153 e. The summed E-state index contributed by atoms with van der Waals surface area (Å²) < 4.78 is 1.83. The van der Waals surface area contributed by atoms with E-state index in [1.54, 1.807) is 17.5 Å². The van der Waals surface area contributed by atoms with Crippen molar-refractivity contribution in [3.8, 4) is 0 Å². The molecule has 0 bridgehead atoms. The van der Waals surface area contributed by atoms with E-state index in [9.17, 15) is 0 Å². The van der Waals surface area contributed by atoms with Crippen molar-refractivity contribution >= 4 is 27.4 Å². The Hall–Kier alpha value is -1.95. The lowest BCUT2D eigenvalue weighted by atomic mass is 10.3. The highest BCUT2D eigenvalue weighted by molar-refractivity contribution is 7.16. The van der Waals surface area contributed by atoms with Gasteiger partial charge in [0.15, 0.2) is 5.82 Å². The van der Waals surface area contributed by atoms with Gasteiger partial charge in [-0.2, -0.15) is 5.10 Å². The maximum atomic E-state index is 4.61. The van der Waals surface area contributed by atoms with Crippen LogP contribution in [0.3, 0.4) is 0 Å². The van der Waals surface area contributed by atoms with E-state index in [1.807, 2.05) is 22.3 Å². The van der Waals surface area contributed by atoms with Crippen molar-refractivity contribution in [2.45, 2.75) is 19.9 Å². The van der Waals surface area contributed by atoms with Crippen molar-refractivity contribution < 1.29 is 0 Å². The molecule has 0 amide bonds. The lowest BCUT2D eigenvalue weighted by Crippen LogP contribution is -2.08. The highest BCUT2D eigenvalue weighted by Gasteiger charge is 2.08. The highest BCUT2D eigenvalue weighted by Crippen LogP contribution is 2.25. The number of fused-ring (bicyclic) bond motifs is 1. The third-order valence-electron chi connectivity index (χ3n) is 2.78. The van der Waals surface area contributed by atoms with E-state index in [4.69, 9.17) is 0 Å². The monoisotopic (exact) mass is 273 g/mol. The first kappa shape index (κ1) is 12.1. The van der Waals surface area contributed by atoms with Gasteiger partial charge >= 0.3 is 0 Å². The topological polar surface area (TPSA) is 55.6 Å². The quantitative estimate of drug-likeness (QED) is 0.776. The number of aromatic nitrogens is 4. The van der Waals surface area contributed by atoms with Gasteiger partial charge in [-0.3, -0.25) is 4.68 Å². The molecule has 0 fully saturated rings. The molecule has 0 aliphatic heterocycles. The van der Waals surface area contributed by atoms with Gasteiger partial charge in [0.25, 0.3) is 0 Å². The Balaban J connectivity index is 1.95. The molecule has 0 atom stereocenters. The summed E-state index contributed by atoms with van der Waals surface area (Å²) in [5, 5.41) is 10.7. The van der Waals surface area contributed by atoms with E-state index >= 15 is 0 Å². The molecule has 3 heterocycles. The van der Waals surface area contributed by atoms with Gasteiger partial charge in [-0.05, 0) is 23.9 Å². The predicted octanol–water partition coefficient (Wildman–Crippen LogP) is 2.76. The van der Waals surface area contributed by atoms with Crippen LogP contribution in [0.15, 0.2) is 29.9 Å². The first-order chi connectivity index (χ1) is 9.36. The lowest BCUT2D eigenvalue weighted by molar-refractivity contribution is 0.658. The number of hydrogen-bond donors (Lipinski definition) is 1. The van der Waals surface area contributed by atoms with Crippen LogP contribution in [-0.4, -0.2) is 26.3 Å².